The van der Waals surface area contributed by atoms with Crippen molar-refractivity contribution in [2.24, 2.45) is 5.10 Å². The topological polar surface area (TPSA) is 118 Å². The van der Waals surface area contributed by atoms with Crippen LogP contribution in [0.1, 0.15) is 17.5 Å². The second-order valence-corrected chi connectivity index (χ2v) is 6.49. The summed E-state index contributed by atoms with van der Waals surface area (Å²) < 4.78 is 10.5. The second-order valence-electron chi connectivity index (χ2n) is 6.49. The highest BCUT2D eigenvalue weighted by Crippen LogP contribution is 2.16. The van der Waals surface area contributed by atoms with E-state index in [0.717, 1.165) is 5.56 Å². The van der Waals surface area contributed by atoms with Gasteiger partial charge >= 0.3 is 11.8 Å². The van der Waals surface area contributed by atoms with E-state index in [-0.39, 0.29) is 12.5 Å². The molecule has 0 bridgehead atoms. The van der Waals surface area contributed by atoms with Gasteiger partial charge in [-0.25, -0.2) is 5.43 Å². The number of aryl methyl sites for hydroxylation is 1. The van der Waals surface area contributed by atoms with Gasteiger partial charge in [0.15, 0.2) is 6.61 Å². The molecule has 3 N–H and O–H groups in total. The third-order valence-corrected chi connectivity index (χ3v) is 4.08. The van der Waals surface area contributed by atoms with Gasteiger partial charge in [-0.3, -0.25) is 14.4 Å². The molecule has 0 saturated carbocycles. The average molecular weight is 426 g/mol. The van der Waals surface area contributed by atoms with Crippen LogP contribution in [0.3, 0.4) is 0 Å². The molecule has 0 radical (unpaired) electrons. The summed E-state index contributed by atoms with van der Waals surface area (Å²) in [7, 11) is 1.56. The highest BCUT2D eigenvalue weighted by atomic mass is 16.5. The molecule has 0 saturated heterocycles. The number of nitrogens with zero attached hydrogens (tertiary/aromatic N) is 1. The first kappa shape index (κ1) is 23.6. The lowest BCUT2D eigenvalue weighted by Crippen LogP contribution is -2.38. The second kappa shape index (κ2) is 12.8. The Morgan fingerprint density at radius 2 is 1.77 bits per heavy atom. The molecule has 0 aliphatic carbocycles. The molecule has 0 spiro atoms. The van der Waals surface area contributed by atoms with E-state index in [1.54, 1.807) is 31.4 Å². The Morgan fingerprint density at radius 1 is 1.03 bits per heavy atom. The van der Waals surface area contributed by atoms with Gasteiger partial charge in [-0.15, -0.1) is 0 Å². The van der Waals surface area contributed by atoms with Gasteiger partial charge in [0.1, 0.15) is 5.75 Å². The minimum absolute atomic E-state index is 0.199. The Hall–Kier alpha value is -3.72. The molecule has 0 aromatic heterocycles. The molecular formula is C22H26N4O5. The number of methoxy groups -OCH3 is 1. The molecule has 2 rings (SSSR count). The van der Waals surface area contributed by atoms with Gasteiger partial charge in [0.25, 0.3) is 5.91 Å². The largest absolute Gasteiger partial charge is 0.483 e. The van der Waals surface area contributed by atoms with Gasteiger partial charge in [-0.2, -0.15) is 5.10 Å². The number of carbonyl (C=O) groups excluding carboxylic acids is 3. The van der Waals surface area contributed by atoms with E-state index < -0.39 is 11.8 Å². The first-order valence-electron chi connectivity index (χ1n) is 9.68. The fourth-order valence-corrected chi connectivity index (χ4v) is 2.47. The zero-order valence-corrected chi connectivity index (χ0v) is 17.5. The van der Waals surface area contributed by atoms with Crippen LogP contribution in [0.4, 0.5) is 5.69 Å². The smallest absolute Gasteiger partial charge is 0.329 e. The number of amides is 3. The minimum Gasteiger partial charge on any atom is -0.483 e. The molecule has 2 aromatic rings. The van der Waals surface area contributed by atoms with E-state index in [1.807, 2.05) is 31.2 Å². The molecule has 31 heavy (non-hydrogen) atoms. The van der Waals surface area contributed by atoms with Crippen molar-refractivity contribution in [1.82, 2.24) is 10.7 Å². The number of benzene rings is 2. The van der Waals surface area contributed by atoms with E-state index in [1.165, 1.54) is 6.21 Å². The lowest BCUT2D eigenvalue weighted by molar-refractivity contribution is -0.139. The Kier molecular flexibility index (Phi) is 9.70. The molecule has 9 nitrogen and oxygen atoms in total. The Bertz CT molecular complexity index is 930. The van der Waals surface area contributed by atoms with Crippen molar-refractivity contribution in [2.75, 3.05) is 32.2 Å². The molecule has 164 valence electrons. The third-order valence-electron chi connectivity index (χ3n) is 4.08. The number of anilines is 1. The first-order valence-corrected chi connectivity index (χ1v) is 9.68. The maximum atomic E-state index is 12.2. The zero-order chi connectivity index (χ0) is 22.5. The first-order chi connectivity index (χ1) is 15.0. The molecule has 9 heteroatoms. The lowest BCUT2D eigenvalue weighted by atomic mass is 10.2. The Balaban J connectivity index is 1.85. The van der Waals surface area contributed by atoms with E-state index in [0.29, 0.717) is 36.6 Å². The summed E-state index contributed by atoms with van der Waals surface area (Å²) in [5.74, 6) is -1.57. The maximum Gasteiger partial charge on any atom is 0.329 e. The number of nitrogens with one attached hydrogen (secondary N) is 3. The molecular weight excluding hydrogens is 400 g/mol. The summed E-state index contributed by atoms with van der Waals surface area (Å²) in [6.45, 7) is 2.51. The quantitative estimate of drug-likeness (QED) is 0.231. The predicted molar refractivity (Wildman–Crippen MR) is 117 cm³/mol. The van der Waals surface area contributed by atoms with Gasteiger partial charge in [0.2, 0.25) is 0 Å². The van der Waals surface area contributed by atoms with Crippen molar-refractivity contribution in [3.8, 4) is 5.75 Å². The van der Waals surface area contributed by atoms with E-state index in [4.69, 9.17) is 9.47 Å². The number of hydrogen-bond acceptors (Lipinski definition) is 6. The summed E-state index contributed by atoms with van der Waals surface area (Å²) in [5, 5.41) is 9.03. The third kappa shape index (κ3) is 8.27. The predicted octanol–water partition coefficient (Wildman–Crippen LogP) is 1.62. The van der Waals surface area contributed by atoms with Crippen LogP contribution in [0, 0.1) is 6.92 Å². The molecule has 0 atom stereocenters. The SMILES string of the molecule is COCCCNC(=O)C(=O)N/N=C\c1ccccc1OCC(=O)Nc1ccccc1C. The Morgan fingerprint density at radius 3 is 2.55 bits per heavy atom. The van der Waals surface area contributed by atoms with Gasteiger partial charge in [0.05, 0.1) is 6.21 Å². The number of para-hydroxylation sites is 2. The van der Waals surface area contributed by atoms with Crippen LogP contribution in [0.2, 0.25) is 0 Å². The molecule has 3 amide bonds. The monoisotopic (exact) mass is 426 g/mol. The number of hydrogen-bond donors (Lipinski definition) is 3. The van der Waals surface area contributed by atoms with Gasteiger partial charge < -0.3 is 20.1 Å². The molecule has 0 aliphatic rings. The van der Waals surface area contributed by atoms with E-state index >= 15 is 0 Å². The number of rotatable bonds is 10. The molecule has 0 unspecified atom stereocenters. The standard InChI is InChI=1S/C22H26N4O5/c1-16-8-3-5-10-18(16)25-20(27)15-31-19-11-6-4-9-17(19)14-24-26-22(29)21(28)23-12-7-13-30-2/h3-6,8-11,14H,7,12-13,15H2,1-2H3,(H,23,28)(H,25,27)(H,26,29)/b24-14-. The summed E-state index contributed by atoms with van der Waals surface area (Å²) in [6.07, 6.45) is 1.94. The number of hydrazone groups is 1. The molecule has 0 fully saturated rings. The average Bonchev–Trinajstić information content (AvgIpc) is 2.77. The van der Waals surface area contributed by atoms with Gasteiger partial charge in [-0.1, -0.05) is 30.3 Å². The van der Waals surface area contributed by atoms with E-state index in [2.05, 4.69) is 21.2 Å². The highest BCUT2D eigenvalue weighted by Gasteiger charge is 2.12. The van der Waals surface area contributed by atoms with Crippen LogP contribution in [0.25, 0.3) is 0 Å². The van der Waals surface area contributed by atoms with Crippen LogP contribution in [-0.2, 0) is 19.1 Å². The van der Waals surface area contributed by atoms with Crippen molar-refractivity contribution in [1.29, 1.82) is 0 Å². The van der Waals surface area contributed by atoms with Crippen molar-refractivity contribution in [3.63, 3.8) is 0 Å². The summed E-state index contributed by atoms with van der Waals surface area (Å²) in [5.41, 5.74) is 4.35. The molecule has 0 heterocycles. The van der Waals surface area contributed by atoms with Crippen molar-refractivity contribution >= 4 is 29.6 Å². The van der Waals surface area contributed by atoms with E-state index in [9.17, 15) is 14.4 Å². The minimum atomic E-state index is -0.885. The van der Waals surface area contributed by atoms with Crippen LogP contribution in [-0.4, -0.2) is 50.8 Å². The normalized spacial score (nSPS) is 10.5. The van der Waals surface area contributed by atoms with Crippen LogP contribution < -0.4 is 20.8 Å². The van der Waals surface area contributed by atoms with Crippen molar-refractivity contribution in [3.05, 3.63) is 59.7 Å². The highest BCUT2D eigenvalue weighted by molar-refractivity contribution is 6.35. The van der Waals surface area contributed by atoms with Crippen molar-refractivity contribution < 1.29 is 23.9 Å². The summed E-state index contributed by atoms with van der Waals surface area (Å²) in [6, 6.07) is 14.3. The number of carbonyl (C=O) groups is 3. The fourth-order valence-electron chi connectivity index (χ4n) is 2.47. The Labute approximate surface area is 180 Å². The maximum absolute atomic E-state index is 12.2. The molecule has 0 aliphatic heterocycles. The lowest BCUT2D eigenvalue weighted by Gasteiger charge is -2.11. The van der Waals surface area contributed by atoms with Crippen LogP contribution >= 0.6 is 0 Å². The van der Waals surface area contributed by atoms with Gasteiger partial charge in [-0.05, 0) is 37.1 Å². The van der Waals surface area contributed by atoms with Crippen LogP contribution in [0.5, 0.6) is 5.75 Å². The summed E-state index contributed by atoms with van der Waals surface area (Å²) in [4.78, 5) is 35.6. The van der Waals surface area contributed by atoms with Crippen LogP contribution in [0.15, 0.2) is 53.6 Å². The van der Waals surface area contributed by atoms with Crippen molar-refractivity contribution in [2.45, 2.75) is 13.3 Å². The summed E-state index contributed by atoms with van der Waals surface area (Å²) >= 11 is 0. The molecule has 2 aromatic carbocycles. The van der Waals surface area contributed by atoms with Gasteiger partial charge in [0, 0.05) is 31.5 Å². The zero-order valence-electron chi connectivity index (χ0n) is 17.5. The fraction of sp³-hybridized carbons (Fsp3) is 0.273. The number of ether oxygens (including phenoxy) is 2.